The van der Waals surface area contributed by atoms with E-state index < -0.39 is 72.3 Å². The highest BCUT2D eigenvalue weighted by Gasteiger charge is 2.90. The lowest BCUT2D eigenvalue weighted by molar-refractivity contribution is -0.440. The second-order valence-electron chi connectivity index (χ2n) is 6.52. The third-order valence-corrected chi connectivity index (χ3v) is 4.06. The molecule has 0 spiro atoms. The van der Waals surface area contributed by atoms with Crippen LogP contribution in [0, 0.1) is 0 Å². The van der Waals surface area contributed by atoms with Crippen LogP contribution < -0.4 is 11.2 Å². The minimum absolute atomic E-state index is 0.702. The maximum absolute atomic E-state index is 13.5. The molecule has 0 saturated heterocycles. The van der Waals surface area contributed by atoms with Crippen molar-refractivity contribution in [3.8, 4) is 0 Å². The number of primary amides is 1. The first kappa shape index (κ1) is 29.1. The molecule has 0 aromatic heterocycles. The molecule has 0 aliphatic rings. The van der Waals surface area contributed by atoms with Gasteiger partial charge in [0.15, 0.2) is 0 Å². The zero-order valence-electron chi connectivity index (χ0n) is 14.9. The Morgan fingerprint density at radius 2 is 1.16 bits per heavy atom. The summed E-state index contributed by atoms with van der Waals surface area (Å²) in [5.74, 6) is -40.9. The molecule has 0 saturated carbocycles. The molecule has 4 N–H and O–H groups in total. The van der Waals surface area contributed by atoms with E-state index in [9.17, 15) is 66.7 Å². The number of alkyl halides is 13. The minimum atomic E-state index is -8.03. The van der Waals surface area contributed by atoms with Gasteiger partial charge in [-0.1, -0.05) is 0 Å². The fourth-order valence-electron chi connectivity index (χ4n) is 1.92. The van der Waals surface area contributed by atoms with Crippen LogP contribution in [0.2, 0.25) is 0 Å². The predicted octanol–water partition coefficient (Wildman–Crippen LogP) is 3.69. The fraction of sp³-hybridized carbons (Fsp3) is 0.846. The summed E-state index contributed by atoms with van der Waals surface area (Å²) in [4.78, 5) is 22.5. The van der Waals surface area contributed by atoms with Crippen LogP contribution in [0.15, 0.2) is 0 Å². The van der Waals surface area contributed by atoms with E-state index in [1.54, 1.807) is 0 Å². The summed E-state index contributed by atoms with van der Waals surface area (Å²) < 4.78 is 168. The van der Waals surface area contributed by atoms with Crippen molar-refractivity contribution in [3.05, 3.63) is 0 Å². The Morgan fingerprint density at radius 3 is 1.48 bits per heavy atom. The van der Waals surface area contributed by atoms with Gasteiger partial charge in [0.2, 0.25) is 5.91 Å². The van der Waals surface area contributed by atoms with E-state index in [4.69, 9.17) is 10.9 Å². The Kier molecular flexibility index (Phi) is 7.76. The van der Waals surface area contributed by atoms with Gasteiger partial charge in [0, 0.05) is 19.3 Å². The number of Topliss-reactive ketones (excluding diaryl/α,β-unsaturated/α-hetero) is 1. The molecule has 0 radical (unpaired) electrons. The molecule has 1 atom stereocenters. The van der Waals surface area contributed by atoms with E-state index in [2.05, 4.69) is 0 Å². The van der Waals surface area contributed by atoms with E-state index in [0.29, 0.717) is 6.92 Å². The topological polar surface area (TPSA) is 92.4 Å². The van der Waals surface area contributed by atoms with Crippen LogP contribution in [0.5, 0.6) is 0 Å². The lowest BCUT2D eigenvalue weighted by Gasteiger charge is -2.39. The number of halogens is 13. The number of nitrogens with two attached hydrogens (primary N) is 1. The van der Waals surface area contributed by atoms with E-state index in [1.807, 2.05) is 0 Å². The van der Waals surface area contributed by atoms with Gasteiger partial charge < -0.3 is 10.9 Å². The molecular weight excluding hydrogens is 479 g/mol. The number of hydrogen-bond acceptors (Lipinski definition) is 4. The lowest BCUT2D eigenvalue weighted by Crippen LogP contribution is -2.70. The standard InChI is InChI=1S/C13H13F13N2O3/c1-7(28-31,6(27)30)4-5(29)2-3-8(14,15)9(16,17)10(18,19)11(20,21)12(22,23)13(24,25)26/h28,31H,2-4H2,1H3,(H2,27,30). The third kappa shape index (κ3) is 4.83. The van der Waals surface area contributed by atoms with Gasteiger partial charge in [0.25, 0.3) is 0 Å². The number of rotatable bonds is 11. The van der Waals surface area contributed by atoms with E-state index in [1.165, 1.54) is 5.48 Å². The second kappa shape index (κ2) is 8.25. The summed E-state index contributed by atoms with van der Waals surface area (Å²) in [7, 11) is 0. The van der Waals surface area contributed by atoms with Gasteiger partial charge in [-0.25, -0.2) is 0 Å². The van der Waals surface area contributed by atoms with Crippen molar-refractivity contribution < 1.29 is 71.9 Å². The van der Waals surface area contributed by atoms with Crippen LogP contribution in [0.4, 0.5) is 57.1 Å². The van der Waals surface area contributed by atoms with E-state index in [0.717, 1.165) is 0 Å². The van der Waals surface area contributed by atoms with Gasteiger partial charge in [-0.05, 0) is 6.92 Å². The average Bonchev–Trinajstić information content (AvgIpc) is 2.58. The van der Waals surface area contributed by atoms with E-state index in [-0.39, 0.29) is 0 Å². The molecule has 0 bridgehead atoms. The number of hydrogen-bond donors (Lipinski definition) is 3. The zero-order valence-corrected chi connectivity index (χ0v) is 14.9. The Labute approximate surface area is 163 Å². The predicted molar refractivity (Wildman–Crippen MR) is 72.2 cm³/mol. The van der Waals surface area contributed by atoms with Crippen molar-refractivity contribution >= 4 is 11.7 Å². The summed E-state index contributed by atoms with van der Waals surface area (Å²) in [6, 6.07) is 0. The molecule has 0 aliphatic carbocycles. The number of hydroxylamine groups is 1. The van der Waals surface area contributed by atoms with Crippen LogP contribution in [-0.2, 0) is 9.59 Å². The van der Waals surface area contributed by atoms with Crippen LogP contribution in [-0.4, -0.2) is 58.2 Å². The Hall–Kier alpha value is -1.85. The SMILES string of the molecule is CC(CC(=O)CCC(F)(F)C(F)(F)C(F)(F)C(F)(F)C(F)(F)C(F)(F)F)(NO)C(N)=O. The Balaban J connectivity index is 5.83. The quantitative estimate of drug-likeness (QED) is 0.303. The average molecular weight is 492 g/mol. The molecule has 18 heteroatoms. The van der Waals surface area contributed by atoms with Crippen molar-refractivity contribution in [1.82, 2.24) is 5.48 Å². The minimum Gasteiger partial charge on any atom is -0.368 e. The number of ketones is 1. The Morgan fingerprint density at radius 1 is 0.774 bits per heavy atom. The van der Waals surface area contributed by atoms with Crippen LogP contribution in [0.3, 0.4) is 0 Å². The summed E-state index contributed by atoms with van der Waals surface area (Å²) in [5.41, 5.74) is 3.55. The largest absolute Gasteiger partial charge is 0.460 e. The lowest BCUT2D eigenvalue weighted by atomic mass is 9.89. The smallest absolute Gasteiger partial charge is 0.368 e. The molecular formula is C13H13F13N2O3. The summed E-state index contributed by atoms with van der Waals surface area (Å²) in [5, 5.41) is 8.68. The highest BCUT2D eigenvalue weighted by Crippen LogP contribution is 2.60. The van der Waals surface area contributed by atoms with Crippen LogP contribution in [0.1, 0.15) is 26.2 Å². The van der Waals surface area contributed by atoms with Gasteiger partial charge in [0.05, 0.1) is 0 Å². The third-order valence-electron chi connectivity index (χ3n) is 4.06. The summed E-state index contributed by atoms with van der Waals surface area (Å²) in [6.45, 7) is 0.702. The molecule has 0 rings (SSSR count). The molecule has 1 unspecified atom stereocenters. The van der Waals surface area contributed by atoms with Gasteiger partial charge in [-0.3, -0.25) is 9.59 Å². The van der Waals surface area contributed by atoms with Crippen LogP contribution in [0.25, 0.3) is 0 Å². The molecule has 0 heterocycles. The van der Waals surface area contributed by atoms with Gasteiger partial charge >= 0.3 is 35.8 Å². The number of amides is 1. The first-order chi connectivity index (χ1) is 13.4. The monoisotopic (exact) mass is 492 g/mol. The molecule has 1 amide bonds. The van der Waals surface area contributed by atoms with Crippen molar-refractivity contribution in [2.24, 2.45) is 5.73 Å². The number of nitrogens with one attached hydrogen (secondary N) is 1. The maximum atomic E-state index is 13.5. The Bertz CT molecular complexity index is 693. The molecule has 0 aromatic carbocycles. The van der Waals surface area contributed by atoms with Gasteiger partial charge in [-0.15, -0.1) is 0 Å². The number of carbonyl (C=O) groups is 2. The normalized spacial score (nSPS) is 16.7. The van der Waals surface area contributed by atoms with Crippen LogP contribution >= 0.6 is 0 Å². The van der Waals surface area contributed by atoms with Gasteiger partial charge in [-0.2, -0.15) is 62.6 Å². The van der Waals surface area contributed by atoms with Crippen molar-refractivity contribution in [2.45, 2.75) is 67.5 Å². The molecule has 0 fully saturated rings. The highest BCUT2D eigenvalue weighted by atomic mass is 19.4. The van der Waals surface area contributed by atoms with E-state index >= 15 is 0 Å². The maximum Gasteiger partial charge on any atom is 0.460 e. The molecule has 184 valence electrons. The van der Waals surface area contributed by atoms with Crippen molar-refractivity contribution in [2.75, 3.05) is 0 Å². The first-order valence-corrected chi connectivity index (χ1v) is 7.54. The fourth-order valence-corrected chi connectivity index (χ4v) is 1.92. The van der Waals surface area contributed by atoms with Crippen molar-refractivity contribution in [3.63, 3.8) is 0 Å². The number of carbonyl (C=O) groups excluding carboxylic acids is 2. The summed E-state index contributed by atoms with van der Waals surface area (Å²) >= 11 is 0. The second-order valence-corrected chi connectivity index (χ2v) is 6.52. The summed E-state index contributed by atoms with van der Waals surface area (Å²) in [6.07, 6.45) is -13.4. The molecule has 0 aromatic rings. The highest BCUT2D eigenvalue weighted by molar-refractivity contribution is 5.91. The molecule has 31 heavy (non-hydrogen) atoms. The molecule has 0 aliphatic heterocycles. The zero-order chi connectivity index (χ0) is 25.5. The molecule has 5 nitrogen and oxygen atoms in total. The van der Waals surface area contributed by atoms with Crippen molar-refractivity contribution in [1.29, 1.82) is 0 Å². The van der Waals surface area contributed by atoms with Gasteiger partial charge in [0.1, 0.15) is 11.3 Å². The first-order valence-electron chi connectivity index (χ1n) is 7.54.